The molecule has 0 spiro atoms. The molecule has 0 bridgehead atoms. The summed E-state index contributed by atoms with van der Waals surface area (Å²) >= 11 is 0. The summed E-state index contributed by atoms with van der Waals surface area (Å²) in [5, 5.41) is 8.51. The van der Waals surface area contributed by atoms with Gasteiger partial charge in [-0.25, -0.2) is 0 Å². The molecule has 0 aliphatic heterocycles. The van der Waals surface area contributed by atoms with E-state index in [1.807, 2.05) is 0 Å². The van der Waals surface area contributed by atoms with E-state index in [4.69, 9.17) is 33.5 Å². The summed E-state index contributed by atoms with van der Waals surface area (Å²) in [5.41, 5.74) is 0. The zero-order valence-corrected chi connectivity index (χ0v) is 16.1. The van der Waals surface area contributed by atoms with Crippen LogP contribution in [0.1, 0.15) is 32.6 Å². The number of aliphatic hydroxyl groups excluding tert-OH is 1. The van der Waals surface area contributed by atoms with E-state index < -0.39 is 0 Å². The molecule has 156 valence electrons. The van der Waals surface area contributed by atoms with Crippen molar-refractivity contribution in [2.75, 3.05) is 79.3 Å². The van der Waals surface area contributed by atoms with Gasteiger partial charge in [0.1, 0.15) is 6.61 Å². The fourth-order valence-corrected chi connectivity index (χ4v) is 1.85. The van der Waals surface area contributed by atoms with Gasteiger partial charge in [-0.1, -0.05) is 19.8 Å². The Morgan fingerprint density at radius 3 is 1.50 bits per heavy atom. The van der Waals surface area contributed by atoms with Gasteiger partial charge in [0, 0.05) is 6.42 Å². The first-order chi connectivity index (χ1) is 12.8. The maximum absolute atomic E-state index is 11.3. The summed E-state index contributed by atoms with van der Waals surface area (Å²) in [6, 6.07) is 0. The van der Waals surface area contributed by atoms with Gasteiger partial charge >= 0.3 is 5.97 Å². The highest BCUT2D eigenvalue weighted by Gasteiger charge is 2.01. The van der Waals surface area contributed by atoms with Crippen LogP contribution >= 0.6 is 0 Å². The summed E-state index contributed by atoms with van der Waals surface area (Å²) in [6.45, 7) is 7.05. The zero-order chi connectivity index (χ0) is 19.1. The fraction of sp³-hybridized carbons (Fsp3) is 0.944. The van der Waals surface area contributed by atoms with Crippen LogP contribution in [0.3, 0.4) is 0 Å². The second kappa shape index (κ2) is 22.3. The maximum Gasteiger partial charge on any atom is 0.305 e. The highest BCUT2D eigenvalue weighted by Crippen LogP contribution is 2.00. The summed E-state index contributed by atoms with van der Waals surface area (Å²) in [6.07, 6.45) is 3.52. The van der Waals surface area contributed by atoms with Crippen LogP contribution in [0.5, 0.6) is 0 Å². The molecule has 0 aliphatic carbocycles. The van der Waals surface area contributed by atoms with Crippen molar-refractivity contribution in [3.63, 3.8) is 0 Å². The first kappa shape index (κ1) is 25.2. The van der Waals surface area contributed by atoms with Gasteiger partial charge in [0.15, 0.2) is 0 Å². The highest BCUT2D eigenvalue weighted by molar-refractivity contribution is 5.69. The van der Waals surface area contributed by atoms with Crippen molar-refractivity contribution >= 4 is 5.97 Å². The van der Waals surface area contributed by atoms with Crippen LogP contribution in [0.25, 0.3) is 0 Å². The molecule has 26 heavy (non-hydrogen) atoms. The van der Waals surface area contributed by atoms with E-state index in [9.17, 15) is 4.79 Å². The predicted molar refractivity (Wildman–Crippen MR) is 96.3 cm³/mol. The Kier molecular flexibility index (Phi) is 21.6. The molecule has 1 N–H and O–H groups in total. The van der Waals surface area contributed by atoms with E-state index in [2.05, 4.69) is 6.92 Å². The normalized spacial score (nSPS) is 11.0. The quantitative estimate of drug-likeness (QED) is 0.234. The lowest BCUT2D eigenvalue weighted by Gasteiger charge is -2.08. The second-order valence-electron chi connectivity index (χ2n) is 5.46. The standard InChI is InChI=1S/C18H36O8/c1-2-3-4-5-18(20)26-17-16-25-15-14-24-13-12-23-11-10-22-9-8-21-7-6-19/h19H,2-17H2,1H3. The molecule has 8 nitrogen and oxygen atoms in total. The number of ether oxygens (including phenoxy) is 6. The Bertz CT molecular complexity index is 288. The monoisotopic (exact) mass is 380 g/mol. The van der Waals surface area contributed by atoms with Gasteiger partial charge < -0.3 is 33.5 Å². The van der Waals surface area contributed by atoms with Gasteiger partial charge in [0.05, 0.1) is 72.7 Å². The van der Waals surface area contributed by atoms with E-state index in [0.29, 0.717) is 79.1 Å². The lowest BCUT2D eigenvalue weighted by molar-refractivity contribution is -0.145. The third-order valence-corrected chi connectivity index (χ3v) is 3.20. The van der Waals surface area contributed by atoms with Crippen molar-refractivity contribution < 1.29 is 38.3 Å². The lowest BCUT2D eigenvalue weighted by Crippen LogP contribution is -2.15. The van der Waals surface area contributed by atoms with Crippen molar-refractivity contribution in [1.82, 2.24) is 0 Å². The molecule has 0 aromatic rings. The van der Waals surface area contributed by atoms with Crippen LogP contribution in [0.4, 0.5) is 0 Å². The minimum absolute atomic E-state index is 0.0285. The average Bonchev–Trinajstić information content (AvgIpc) is 2.64. The molecule has 0 saturated heterocycles. The molecule has 0 fully saturated rings. The third-order valence-electron chi connectivity index (χ3n) is 3.20. The fourth-order valence-electron chi connectivity index (χ4n) is 1.85. The molecule has 0 aliphatic rings. The minimum Gasteiger partial charge on any atom is -0.463 e. The number of hydrogen-bond donors (Lipinski definition) is 1. The van der Waals surface area contributed by atoms with Crippen molar-refractivity contribution in [1.29, 1.82) is 0 Å². The number of rotatable bonds is 21. The Labute approximate surface area is 157 Å². The van der Waals surface area contributed by atoms with Crippen molar-refractivity contribution in [2.45, 2.75) is 32.6 Å². The second-order valence-corrected chi connectivity index (χ2v) is 5.46. The predicted octanol–water partition coefficient (Wildman–Crippen LogP) is 1.19. The number of unbranched alkanes of at least 4 members (excludes halogenated alkanes) is 2. The molecule has 0 aromatic carbocycles. The van der Waals surface area contributed by atoms with Gasteiger partial charge in [-0.3, -0.25) is 4.79 Å². The number of hydrogen-bond acceptors (Lipinski definition) is 8. The number of esters is 1. The van der Waals surface area contributed by atoms with Crippen molar-refractivity contribution in [2.24, 2.45) is 0 Å². The molecule has 0 saturated carbocycles. The Hall–Kier alpha value is -0.770. The van der Waals surface area contributed by atoms with E-state index in [1.54, 1.807) is 0 Å². The Balaban J connectivity index is 3.06. The van der Waals surface area contributed by atoms with E-state index in [-0.39, 0.29) is 12.6 Å². The molecular weight excluding hydrogens is 344 g/mol. The Morgan fingerprint density at radius 1 is 0.654 bits per heavy atom. The summed E-state index contributed by atoms with van der Waals surface area (Å²) in [7, 11) is 0. The molecule has 0 heterocycles. The molecule has 0 atom stereocenters. The topological polar surface area (TPSA) is 92.7 Å². The van der Waals surface area contributed by atoms with Gasteiger partial charge in [-0.2, -0.15) is 0 Å². The van der Waals surface area contributed by atoms with Crippen LogP contribution in [0.15, 0.2) is 0 Å². The molecule has 0 amide bonds. The molecular formula is C18H36O8. The van der Waals surface area contributed by atoms with Gasteiger partial charge in [-0.15, -0.1) is 0 Å². The smallest absolute Gasteiger partial charge is 0.305 e. The van der Waals surface area contributed by atoms with Gasteiger partial charge in [0.25, 0.3) is 0 Å². The highest BCUT2D eigenvalue weighted by atomic mass is 16.6. The summed E-state index contributed by atoms with van der Waals surface area (Å²) in [4.78, 5) is 11.3. The van der Waals surface area contributed by atoms with Crippen LogP contribution in [0.2, 0.25) is 0 Å². The molecule has 8 heteroatoms. The average molecular weight is 380 g/mol. The van der Waals surface area contributed by atoms with E-state index in [1.165, 1.54) is 0 Å². The molecule has 0 rings (SSSR count). The van der Waals surface area contributed by atoms with Gasteiger partial charge in [0.2, 0.25) is 0 Å². The van der Waals surface area contributed by atoms with E-state index >= 15 is 0 Å². The first-order valence-corrected chi connectivity index (χ1v) is 9.46. The maximum atomic E-state index is 11.3. The number of carbonyl (C=O) groups excluding carboxylic acids is 1. The van der Waals surface area contributed by atoms with Crippen LogP contribution in [-0.4, -0.2) is 90.4 Å². The van der Waals surface area contributed by atoms with Crippen molar-refractivity contribution in [3.8, 4) is 0 Å². The molecule has 0 unspecified atom stereocenters. The number of aliphatic hydroxyl groups is 1. The van der Waals surface area contributed by atoms with Crippen molar-refractivity contribution in [3.05, 3.63) is 0 Å². The zero-order valence-electron chi connectivity index (χ0n) is 16.1. The van der Waals surface area contributed by atoms with Gasteiger partial charge in [-0.05, 0) is 6.42 Å². The SMILES string of the molecule is CCCCCC(=O)OCCOCCOCCOCCOCCOCCO. The summed E-state index contributed by atoms with van der Waals surface area (Å²) < 4.78 is 31.4. The number of carbonyl (C=O) groups is 1. The minimum atomic E-state index is -0.155. The Morgan fingerprint density at radius 2 is 1.08 bits per heavy atom. The first-order valence-electron chi connectivity index (χ1n) is 9.46. The molecule has 0 aromatic heterocycles. The van der Waals surface area contributed by atoms with Crippen LogP contribution < -0.4 is 0 Å². The molecule has 0 radical (unpaired) electrons. The largest absolute Gasteiger partial charge is 0.463 e. The van der Waals surface area contributed by atoms with Crippen LogP contribution in [-0.2, 0) is 33.2 Å². The summed E-state index contributed by atoms with van der Waals surface area (Å²) in [5.74, 6) is -0.155. The van der Waals surface area contributed by atoms with E-state index in [0.717, 1.165) is 19.3 Å². The lowest BCUT2D eigenvalue weighted by atomic mass is 10.2. The third kappa shape index (κ3) is 21.3. The van der Waals surface area contributed by atoms with Crippen LogP contribution in [0, 0.1) is 0 Å².